The molecule has 3 nitrogen and oxygen atoms in total. The molecule has 0 aliphatic carbocycles. The third kappa shape index (κ3) is 5.26. The van der Waals surface area contributed by atoms with Crippen LogP contribution in [0.3, 0.4) is 0 Å². The first-order valence-corrected chi connectivity index (χ1v) is 4.18. The van der Waals surface area contributed by atoms with Gasteiger partial charge in [0.15, 0.2) is 0 Å². The zero-order valence-electron chi connectivity index (χ0n) is 8.48. The van der Waals surface area contributed by atoms with Crippen molar-refractivity contribution in [2.75, 3.05) is 39.9 Å². The van der Waals surface area contributed by atoms with E-state index < -0.39 is 0 Å². The van der Waals surface area contributed by atoms with Crippen LogP contribution >= 0.6 is 0 Å². The number of halogens is 1. The lowest BCUT2D eigenvalue weighted by Gasteiger charge is -2.37. The number of nitrogens with zero attached hydrogens (tertiary/aromatic N) is 1. The summed E-state index contributed by atoms with van der Waals surface area (Å²) in [4.78, 5) is 0. The van der Waals surface area contributed by atoms with E-state index in [0.29, 0.717) is 0 Å². The summed E-state index contributed by atoms with van der Waals surface area (Å²) >= 11 is 0. The highest BCUT2D eigenvalue weighted by molar-refractivity contribution is 4.87. The highest BCUT2D eigenvalue weighted by Gasteiger charge is 2.24. The molecule has 0 aromatic rings. The first-order chi connectivity index (χ1) is 5.12. The van der Waals surface area contributed by atoms with Crippen molar-refractivity contribution < 1.29 is 27.1 Å². The van der Waals surface area contributed by atoms with Gasteiger partial charge >= 0.3 is 0 Å². The van der Waals surface area contributed by atoms with Crippen LogP contribution in [0.4, 0.5) is 0 Å². The van der Waals surface area contributed by atoms with Gasteiger partial charge in [-0.1, -0.05) is 6.58 Å². The average molecular weight is 210 g/mol. The van der Waals surface area contributed by atoms with Gasteiger partial charge in [-0.15, -0.1) is 0 Å². The largest absolute Gasteiger partial charge is 1.00 e. The van der Waals surface area contributed by atoms with Gasteiger partial charge in [-0.2, -0.15) is 0 Å². The molecule has 4 heteroatoms. The fourth-order valence-corrected chi connectivity index (χ4v) is 1.59. The Hall–Kier alpha value is -0.0900. The Morgan fingerprint density at radius 1 is 1.38 bits per heavy atom. The van der Waals surface area contributed by atoms with Crippen LogP contribution in [0.1, 0.15) is 6.92 Å². The van der Waals surface area contributed by atoms with Crippen LogP contribution in [0.25, 0.3) is 0 Å². The molecule has 0 atom stereocenters. The van der Waals surface area contributed by atoms with E-state index in [0.717, 1.165) is 37.3 Å². The second kappa shape index (κ2) is 6.38. The van der Waals surface area contributed by atoms with Crippen molar-refractivity contribution in [3.63, 3.8) is 0 Å². The quantitative estimate of drug-likeness (QED) is 0.358. The Balaban J connectivity index is 0. The first-order valence-electron chi connectivity index (χ1n) is 4.18. The topological polar surface area (TPSA) is 40.7 Å². The Labute approximate surface area is 86.7 Å². The average Bonchev–Trinajstić information content (AvgIpc) is 1.85. The fourth-order valence-electron chi connectivity index (χ4n) is 1.59. The minimum Gasteiger partial charge on any atom is -1.00 e. The molecule has 80 valence electrons. The Morgan fingerprint density at radius 3 is 2.23 bits per heavy atom. The molecule has 0 radical (unpaired) electrons. The molecule has 1 rings (SSSR count). The van der Waals surface area contributed by atoms with Crippen LogP contribution < -0.4 is 12.4 Å². The van der Waals surface area contributed by atoms with E-state index in [-0.39, 0.29) is 17.9 Å². The molecular weight excluding hydrogens is 190 g/mol. The highest BCUT2D eigenvalue weighted by atomic mass is 35.5. The minimum absolute atomic E-state index is 0. The number of hydrogen-bond donors (Lipinski definition) is 0. The van der Waals surface area contributed by atoms with Crippen molar-refractivity contribution in [2.45, 2.75) is 6.92 Å². The molecule has 0 aromatic heterocycles. The van der Waals surface area contributed by atoms with E-state index in [4.69, 9.17) is 4.74 Å². The maximum Gasteiger partial charge on any atom is 0.103 e. The molecular formula is C9H20ClNO2. The lowest BCUT2D eigenvalue weighted by Crippen LogP contribution is -3.00. The van der Waals surface area contributed by atoms with Crippen LogP contribution in [0.15, 0.2) is 12.2 Å². The molecule has 13 heavy (non-hydrogen) atoms. The monoisotopic (exact) mass is 209 g/mol. The van der Waals surface area contributed by atoms with E-state index in [2.05, 4.69) is 20.6 Å². The molecule has 0 unspecified atom stereocenters. The Bertz CT molecular complexity index is 156. The standard InChI is InChI=1S/C9H18NO.ClH.H2O/c1-9(2)8-10(3)4-6-11-7-5-10;;/h1,4-8H2,2-3H3;1H;1H2/q+1;;/p-1. The molecule has 1 aliphatic heterocycles. The third-order valence-electron chi connectivity index (χ3n) is 2.20. The van der Waals surface area contributed by atoms with Crippen molar-refractivity contribution in [3.05, 3.63) is 12.2 Å². The van der Waals surface area contributed by atoms with Gasteiger partial charge < -0.3 is 27.1 Å². The third-order valence-corrected chi connectivity index (χ3v) is 2.20. The molecule has 1 heterocycles. The van der Waals surface area contributed by atoms with Gasteiger partial charge in [0.2, 0.25) is 0 Å². The van der Waals surface area contributed by atoms with Crippen LogP contribution in [0.5, 0.6) is 0 Å². The summed E-state index contributed by atoms with van der Waals surface area (Å²) in [6.07, 6.45) is 0. The summed E-state index contributed by atoms with van der Waals surface area (Å²) in [6, 6.07) is 0. The van der Waals surface area contributed by atoms with Crippen LogP contribution in [0.2, 0.25) is 0 Å². The summed E-state index contributed by atoms with van der Waals surface area (Å²) in [5, 5.41) is 0. The van der Waals surface area contributed by atoms with Gasteiger partial charge in [-0.05, 0) is 12.5 Å². The van der Waals surface area contributed by atoms with Gasteiger partial charge in [0.1, 0.15) is 13.1 Å². The number of rotatable bonds is 2. The zero-order chi connectivity index (χ0) is 8.32. The normalized spacial score (nSPS) is 19.5. The maximum absolute atomic E-state index is 5.30. The van der Waals surface area contributed by atoms with Gasteiger partial charge in [0.25, 0.3) is 0 Å². The van der Waals surface area contributed by atoms with E-state index in [1.54, 1.807) is 0 Å². The maximum atomic E-state index is 5.30. The van der Waals surface area contributed by atoms with Crippen molar-refractivity contribution >= 4 is 0 Å². The minimum atomic E-state index is 0. The molecule has 1 fully saturated rings. The lowest BCUT2D eigenvalue weighted by atomic mass is 10.2. The van der Waals surface area contributed by atoms with E-state index in [1.807, 2.05) is 0 Å². The van der Waals surface area contributed by atoms with Gasteiger partial charge in [0, 0.05) is 0 Å². The molecule has 2 N–H and O–H groups in total. The second-order valence-electron chi connectivity index (χ2n) is 3.79. The van der Waals surface area contributed by atoms with Gasteiger partial charge in [-0.25, -0.2) is 0 Å². The predicted molar refractivity (Wildman–Crippen MR) is 50.0 cm³/mol. The van der Waals surface area contributed by atoms with Gasteiger partial charge in [0.05, 0.1) is 26.8 Å². The zero-order valence-corrected chi connectivity index (χ0v) is 9.23. The molecule has 1 saturated heterocycles. The van der Waals surface area contributed by atoms with Crippen molar-refractivity contribution in [1.82, 2.24) is 0 Å². The van der Waals surface area contributed by atoms with Crippen molar-refractivity contribution in [2.24, 2.45) is 0 Å². The lowest BCUT2D eigenvalue weighted by molar-refractivity contribution is -0.912. The van der Waals surface area contributed by atoms with E-state index >= 15 is 0 Å². The molecule has 0 bridgehead atoms. The Morgan fingerprint density at radius 2 is 1.85 bits per heavy atom. The summed E-state index contributed by atoms with van der Waals surface area (Å²) in [5.74, 6) is 0. The number of likely N-dealkylation sites (N-methyl/N-ethyl adjacent to an activating group) is 1. The molecule has 0 aromatic carbocycles. The SMILES string of the molecule is C=C(C)C[N+]1(C)CCOCC1.O.[Cl-]. The summed E-state index contributed by atoms with van der Waals surface area (Å²) in [6.45, 7) is 11.2. The number of quaternary nitrogens is 1. The second-order valence-corrected chi connectivity index (χ2v) is 3.79. The van der Waals surface area contributed by atoms with E-state index in [9.17, 15) is 0 Å². The molecule has 1 aliphatic rings. The summed E-state index contributed by atoms with van der Waals surface area (Å²) < 4.78 is 6.41. The smallest absolute Gasteiger partial charge is 0.103 e. The van der Waals surface area contributed by atoms with Crippen LogP contribution in [-0.2, 0) is 4.74 Å². The van der Waals surface area contributed by atoms with Crippen molar-refractivity contribution in [1.29, 1.82) is 0 Å². The summed E-state index contributed by atoms with van der Waals surface area (Å²) in [5.41, 5.74) is 1.27. The first kappa shape index (κ1) is 15.4. The highest BCUT2D eigenvalue weighted by Crippen LogP contribution is 2.09. The fraction of sp³-hybridized carbons (Fsp3) is 0.778. The van der Waals surface area contributed by atoms with Gasteiger partial charge in [-0.3, -0.25) is 0 Å². The number of morpholine rings is 1. The molecule has 0 saturated carbocycles. The molecule has 0 amide bonds. The number of ether oxygens (including phenoxy) is 1. The number of hydrogen-bond acceptors (Lipinski definition) is 1. The predicted octanol–water partition coefficient (Wildman–Crippen LogP) is -2.78. The van der Waals surface area contributed by atoms with Crippen LogP contribution in [0, 0.1) is 0 Å². The van der Waals surface area contributed by atoms with Crippen LogP contribution in [-0.4, -0.2) is 49.9 Å². The summed E-state index contributed by atoms with van der Waals surface area (Å²) in [7, 11) is 2.28. The van der Waals surface area contributed by atoms with E-state index in [1.165, 1.54) is 5.57 Å². The van der Waals surface area contributed by atoms with Crippen molar-refractivity contribution in [3.8, 4) is 0 Å². The molecule has 0 spiro atoms. The Kier molecular flexibility index (Phi) is 7.55.